The number of ether oxygens (including phenoxy) is 1. The van der Waals surface area contributed by atoms with Gasteiger partial charge in [0.1, 0.15) is 6.04 Å². The monoisotopic (exact) mass is 604 g/mol. The minimum absolute atomic E-state index is 0.335. The van der Waals surface area contributed by atoms with E-state index in [2.05, 4.69) is 35.3 Å². The van der Waals surface area contributed by atoms with Gasteiger partial charge in [-0.3, -0.25) is 9.69 Å². The van der Waals surface area contributed by atoms with E-state index in [1.54, 1.807) is 11.8 Å². The van der Waals surface area contributed by atoms with Crippen LogP contribution in [0.5, 0.6) is 0 Å². The standard InChI is InChI=1S/C34H42N2O4S.C2H6/c1-4-25-18-28(23-40-22-26-11-6-5-7-12-26)36(20-25)21-27-14-15-30(31(19-27)29-13-9-8-10-24(29)2)33(37)35-32(34(38)39)16-17-41-3;1-2/h5-15,19,25,28,32H,4,16-18,20-23H2,1-3H3,(H,35,37)(H,38,39);1-2H3. The molecule has 3 unspecified atom stereocenters. The predicted molar refractivity (Wildman–Crippen MR) is 179 cm³/mol. The van der Waals surface area contributed by atoms with E-state index in [-0.39, 0.29) is 5.91 Å². The summed E-state index contributed by atoms with van der Waals surface area (Å²) < 4.78 is 6.16. The number of benzene rings is 3. The topological polar surface area (TPSA) is 78.9 Å². The zero-order chi connectivity index (χ0) is 31.2. The molecule has 1 saturated heterocycles. The number of nitrogens with one attached hydrogen (secondary N) is 1. The molecule has 1 amide bonds. The van der Waals surface area contributed by atoms with Crippen molar-refractivity contribution in [1.82, 2.24) is 10.2 Å². The van der Waals surface area contributed by atoms with Crippen LogP contribution in [0.25, 0.3) is 11.1 Å². The van der Waals surface area contributed by atoms with Gasteiger partial charge in [-0.05, 0) is 77.6 Å². The average Bonchev–Trinajstić information content (AvgIpc) is 3.42. The number of aliphatic carboxylic acids is 1. The summed E-state index contributed by atoms with van der Waals surface area (Å²) in [5.41, 5.74) is 5.67. The Morgan fingerprint density at radius 3 is 2.42 bits per heavy atom. The molecule has 0 radical (unpaired) electrons. The highest BCUT2D eigenvalue weighted by atomic mass is 32.2. The summed E-state index contributed by atoms with van der Waals surface area (Å²) in [6, 6.07) is 23.7. The zero-order valence-corrected chi connectivity index (χ0v) is 27.2. The quantitative estimate of drug-likeness (QED) is 0.199. The molecule has 2 N–H and O–H groups in total. The van der Waals surface area contributed by atoms with Gasteiger partial charge in [-0.1, -0.05) is 87.9 Å². The lowest BCUT2D eigenvalue weighted by Gasteiger charge is -2.25. The van der Waals surface area contributed by atoms with Crippen LogP contribution >= 0.6 is 11.8 Å². The van der Waals surface area contributed by atoms with Crippen LogP contribution in [0.2, 0.25) is 0 Å². The first-order valence-electron chi connectivity index (χ1n) is 15.5. The molecule has 232 valence electrons. The van der Waals surface area contributed by atoms with Gasteiger partial charge in [-0.25, -0.2) is 4.79 Å². The molecule has 0 saturated carbocycles. The second-order valence-electron chi connectivity index (χ2n) is 10.9. The highest BCUT2D eigenvalue weighted by molar-refractivity contribution is 7.98. The van der Waals surface area contributed by atoms with Crippen molar-refractivity contribution in [2.24, 2.45) is 5.92 Å². The molecule has 43 heavy (non-hydrogen) atoms. The number of hydrogen-bond donors (Lipinski definition) is 2. The van der Waals surface area contributed by atoms with Crippen LogP contribution in [0.15, 0.2) is 72.8 Å². The molecule has 4 rings (SSSR count). The van der Waals surface area contributed by atoms with Crippen LogP contribution in [0.4, 0.5) is 0 Å². The molecule has 6 nitrogen and oxygen atoms in total. The van der Waals surface area contributed by atoms with Crippen molar-refractivity contribution in [3.05, 3.63) is 95.1 Å². The number of amides is 1. The molecule has 7 heteroatoms. The number of carbonyl (C=O) groups is 2. The Morgan fingerprint density at radius 1 is 1.02 bits per heavy atom. The SMILES string of the molecule is CC.CCC1CC(COCc2ccccc2)N(Cc2ccc(C(=O)NC(CCSC)C(=O)O)c(-c3ccccc3C)c2)C1. The summed E-state index contributed by atoms with van der Waals surface area (Å²) in [5, 5.41) is 12.5. The first-order valence-corrected chi connectivity index (χ1v) is 16.9. The van der Waals surface area contributed by atoms with Crippen molar-refractivity contribution in [2.75, 3.05) is 25.2 Å². The van der Waals surface area contributed by atoms with Gasteiger partial charge in [0.2, 0.25) is 0 Å². The molecular weight excluding hydrogens is 556 g/mol. The molecule has 0 bridgehead atoms. The van der Waals surface area contributed by atoms with Gasteiger partial charge in [0, 0.05) is 24.7 Å². The Morgan fingerprint density at radius 2 is 1.74 bits per heavy atom. The number of aryl methyl sites for hydroxylation is 1. The fourth-order valence-electron chi connectivity index (χ4n) is 5.59. The summed E-state index contributed by atoms with van der Waals surface area (Å²) in [4.78, 5) is 27.8. The van der Waals surface area contributed by atoms with E-state index in [0.29, 0.717) is 42.9 Å². The first kappa shape index (κ1) is 34.4. The van der Waals surface area contributed by atoms with Gasteiger partial charge in [-0.2, -0.15) is 11.8 Å². The zero-order valence-electron chi connectivity index (χ0n) is 26.3. The number of nitrogens with zero attached hydrogens (tertiary/aromatic N) is 1. The predicted octanol–water partition coefficient (Wildman–Crippen LogP) is 7.44. The summed E-state index contributed by atoms with van der Waals surface area (Å²) in [6.45, 7) is 11.4. The molecule has 3 aromatic rings. The van der Waals surface area contributed by atoms with Crippen LogP contribution in [-0.4, -0.2) is 59.1 Å². The summed E-state index contributed by atoms with van der Waals surface area (Å²) in [6.07, 6.45) is 4.56. The first-order chi connectivity index (χ1) is 20.9. The molecule has 3 aromatic carbocycles. The molecule has 3 atom stereocenters. The second-order valence-corrected chi connectivity index (χ2v) is 11.9. The Balaban J connectivity index is 0.00000248. The van der Waals surface area contributed by atoms with E-state index in [0.717, 1.165) is 48.2 Å². The number of hydrogen-bond acceptors (Lipinski definition) is 5. The Bertz CT molecular complexity index is 1300. The van der Waals surface area contributed by atoms with Crippen LogP contribution in [-0.2, 0) is 22.7 Å². The second kappa shape index (κ2) is 17.9. The number of thioether (sulfide) groups is 1. The van der Waals surface area contributed by atoms with E-state index < -0.39 is 12.0 Å². The van der Waals surface area contributed by atoms with Gasteiger partial charge in [0.25, 0.3) is 5.91 Å². The van der Waals surface area contributed by atoms with E-state index in [4.69, 9.17) is 4.74 Å². The molecule has 1 heterocycles. The maximum absolute atomic E-state index is 13.4. The highest BCUT2D eigenvalue weighted by Gasteiger charge is 2.31. The largest absolute Gasteiger partial charge is 0.480 e. The Hall–Kier alpha value is -3.13. The lowest BCUT2D eigenvalue weighted by atomic mass is 9.93. The maximum atomic E-state index is 13.4. The van der Waals surface area contributed by atoms with Crippen LogP contribution in [0.1, 0.15) is 67.1 Å². The minimum Gasteiger partial charge on any atom is -0.480 e. The third-order valence-corrected chi connectivity index (χ3v) is 8.62. The molecule has 0 aromatic heterocycles. The van der Waals surface area contributed by atoms with Crippen LogP contribution in [0, 0.1) is 12.8 Å². The van der Waals surface area contributed by atoms with Crippen molar-refractivity contribution in [2.45, 2.75) is 72.2 Å². The smallest absolute Gasteiger partial charge is 0.326 e. The van der Waals surface area contributed by atoms with E-state index in [9.17, 15) is 14.7 Å². The van der Waals surface area contributed by atoms with Gasteiger partial charge in [-0.15, -0.1) is 0 Å². The van der Waals surface area contributed by atoms with Crippen molar-refractivity contribution in [1.29, 1.82) is 0 Å². The average molecular weight is 605 g/mol. The number of carboxylic acid groups (broad SMARTS) is 1. The number of carboxylic acids is 1. The van der Waals surface area contributed by atoms with Crippen molar-refractivity contribution < 1.29 is 19.4 Å². The summed E-state index contributed by atoms with van der Waals surface area (Å²) in [7, 11) is 0. The van der Waals surface area contributed by atoms with E-state index >= 15 is 0 Å². The maximum Gasteiger partial charge on any atom is 0.326 e. The van der Waals surface area contributed by atoms with E-state index in [1.807, 2.05) is 81.6 Å². The summed E-state index contributed by atoms with van der Waals surface area (Å²) >= 11 is 1.57. The Labute approximate surface area is 262 Å². The number of likely N-dealkylation sites (tertiary alicyclic amines) is 1. The van der Waals surface area contributed by atoms with Crippen molar-refractivity contribution in [3.8, 4) is 11.1 Å². The highest BCUT2D eigenvalue weighted by Crippen LogP contribution is 2.31. The van der Waals surface area contributed by atoms with Crippen LogP contribution < -0.4 is 5.32 Å². The van der Waals surface area contributed by atoms with Crippen LogP contribution in [0.3, 0.4) is 0 Å². The molecule has 1 fully saturated rings. The lowest BCUT2D eigenvalue weighted by molar-refractivity contribution is -0.139. The molecular formula is C36H48N2O4S. The lowest BCUT2D eigenvalue weighted by Crippen LogP contribution is -2.41. The third-order valence-electron chi connectivity index (χ3n) is 7.98. The third kappa shape index (κ3) is 9.95. The van der Waals surface area contributed by atoms with Crippen molar-refractivity contribution in [3.63, 3.8) is 0 Å². The van der Waals surface area contributed by atoms with Gasteiger partial charge < -0.3 is 15.2 Å². The fraction of sp³-hybridized carbons (Fsp3) is 0.444. The normalized spacial score (nSPS) is 17.1. The fourth-order valence-corrected chi connectivity index (χ4v) is 6.06. The molecule has 0 spiro atoms. The Kier molecular flexibility index (Phi) is 14.3. The minimum atomic E-state index is -1.01. The van der Waals surface area contributed by atoms with Gasteiger partial charge in [0.05, 0.1) is 13.2 Å². The van der Waals surface area contributed by atoms with Crippen molar-refractivity contribution >= 4 is 23.6 Å². The number of carbonyl (C=O) groups excluding carboxylic acids is 1. The summed E-state index contributed by atoms with van der Waals surface area (Å²) in [5.74, 6) is -0.0780. The molecule has 0 aliphatic carbocycles. The molecule has 1 aliphatic heterocycles. The molecule has 1 aliphatic rings. The number of rotatable bonds is 14. The van der Waals surface area contributed by atoms with E-state index in [1.165, 1.54) is 5.56 Å². The van der Waals surface area contributed by atoms with Gasteiger partial charge in [0.15, 0.2) is 0 Å². The van der Waals surface area contributed by atoms with Gasteiger partial charge >= 0.3 is 5.97 Å².